The normalized spacial score (nSPS) is 27.1. The van der Waals surface area contributed by atoms with Gasteiger partial charge in [0.2, 0.25) is 0 Å². The van der Waals surface area contributed by atoms with Gasteiger partial charge in [0.25, 0.3) is 0 Å². The van der Waals surface area contributed by atoms with E-state index in [9.17, 15) is 0 Å². The van der Waals surface area contributed by atoms with E-state index in [4.69, 9.17) is 5.73 Å². The molecule has 2 fully saturated rings. The lowest BCUT2D eigenvalue weighted by atomic mass is 10.0. The molecule has 0 aromatic heterocycles. The molecular formula is C17H27N3. The molecule has 1 aliphatic heterocycles. The van der Waals surface area contributed by atoms with Crippen LogP contribution < -0.4 is 11.1 Å². The zero-order valence-electron chi connectivity index (χ0n) is 12.4. The quantitative estimate of drug-likeness (QED) is 0.867. The Morgan fingerprint density at radius 3 is 2.70 bits per heavy atom. The number of nitrogens with zero attached hydrogens (tertiary/aromatic N) is 1. The SMILES string of the molecule is NCC1CCCC1Nc1ccccc1CN1CCCC1. The van der Waals surface area contributed by atoms with Crippen molar-refractivity contribution in [3.63, 3.8) is 0 Å². The monoisotopic (exact) mass is 273 g/mol. The largest absolute Gasteiger partial charge is 0.382 e. The molecule has 1 saturated heterocycles. The van der Waals surface area contributed by atoms with Crippen LogP contribution in [0, 0.1) is 5.92 Å². The Kier molecular flexibility index (Phi) is 4.58. The highest BCUT2D eigenvalue weighted by molar-refractivity contribution is 5.52. The van der Waals surface area contributed by atoms with E-state index in [0.717, 1.165) is 13.1 Å². The Bertz CT molecular complexity index is 426. The summed E-state index contributed by atoms with van der Waals surface area (Å²) in [5.74, 6) is 0.648. The minimum absolute atomic E-state index is 0.569. The zero-order valence-corrected chi connectivity index (χ0v) is 12.4. The summed E-state index contributed by atoms with van der Waals surface area (Å²) >= 11 is 0. The van der Waals surface area contributed by atoms with Crippen LogP contribution in [0.15, 0.2) is 24.3 Å². The average Bonchev–Trinajstić information content (AvgIpc) is 3.12. The van der Waals surface area contributed by atoms with Crippen molar-refractivity contribution in [2.45, 2.75) is 44.7 Å². The number of nitrogens with two attached hydrogens (primary N) is 1. The number of hydrogen-bond acceptors (Lipinski definition) is 3. The molecule has 0 bridgehead atoms. The van der Waals surface area contributed by atoms with E-state index in [2.05, 4.69) is 34.5 Å². The number of benzene rings is 1. The summed E-state index contributed by atoms with van der Waals surface area (Å²) in [5, 5.41) is 3.78. The van der Waals surface area contributed by atoms with Crippen LogP contribution in [-0.2, 0) is 6.54 Å². The molecule has 2 atom stereocenters. The summed E-state index contributed by atoms with van der Waals surface area (Å²) in [6, 6.07) is 9.37. The Balaban J connectivity index is 1.68. The highest BCUT2D eigenvalue weighted by atomic mass is 15.1. The van der Waals surface area contributed by atoms with Crippen LogP contribution in [0.3, 0.4) is 0 Å². The van der Waals surface area contributed by atoms with Crippen LogP contribution in [0.1, 0.15) is 37.7 Å². The molecular weight excluding hydrogens is 246 g/mol. The van der Waals surface area contributed by atoms with Crippen LogP contribution in [0.2, 0.25) is 0 Å². The maximum atomic E-state index is 5.90. The second-order valence-electron chi connectivity index (χ2n) is 6.32. The van der Waals surface area contributed by atoms with Crippen molar-refractivity contribution < 1.29 is 0 Å². The van der Waals surface area contributed by atoms with Crippen molar-refractivity contribution in [2.75, 3.05) is 25.0 Å². The molecule has 3 rings (SSSR count). The molecule has 1 heterocycles. The highest BCUT2D eigenvalue weighted by Crippen LogP contribution is 2.29. The molecule has 2 aliphatic rings. The number of para-hydroxylation sites is 1. The predicted octanol–water partition coefficient (Wildman–Crippen LogP) is 2.82. The molecule has 1 aromatic rings. The molecule has 3 N–H and O–H groups in total. The third-order valence-corrected chi connectivity index (χ3v) is 4.91. The van der Waals surface area contributed by atoms with Crippen LogP contribution in [0.25, 0.3) is 0 Å². The number of anilines is 1. The van der Waals surface area contributed by atoms with E-state index in [1.165, 1.54) is 56.4 Å². The highest BCUT2D eigenvalue weighted by Gasteiger charge is 2.26. The fourth-order valence-corrected chi connectivity index (χ4v) is 3.69. The molecule has 110 valence electrons. The first-order chi connectivity index (χ1) is 9.86. The molecule has 1 saturated carbocycles. The minimum Gasteiger partial charge on any atom is -0.382 e. The zero-order chi connectivity index (χ0) is 13.8. The van der Waals surface area contributed by atoms with Crippen molar-refractivity contribution in [3.8, 4) is 0 Å². The Labute approximate surface area is 122 Å². The number of rotatable bonds is 5. The first kappa shape index (κ1) is 13.9. The Morgan fingerprint density at radius 1 is 1.10 bits per heavy atom. The molecule has 2 unspecified atom stereocenters. The van der Waals surface area contributed by atoms with Gasteiger partial charge < -0.3 is 11.1 Å². The van der Waals surface area contributed by atoms with Gasteiger partial charge in [-0.2, -0.15) is 0 Å². The predicted molar refractivity (Wildman–Crippen MR) is 84.8 cm³/mol. The number of likely N-dealkylation sites (tertiary alicyclic amines) is 1. The second kappa shape index (κ2) is 6.59. The van der Waals surface area contributed by atoms with Gasteiger partial charge in [0, 0.05) is 18.3 Å². The van der Waals surface area contributed by atoms with Crippen molar-refractivity contribution in [2.24, 2.45) is 11.7 Å². The Hall–Kier alpha value is -1.06. The van der Waals surface area contributed by atoms with Gasteiger partial charge in [-0.05, 0) is 62.9 Å². The molecule has 3 heteroatoms. The summed E-state index contributed by atoms with van der Waals surface area (Å²) in [5.41, 5.74) is 8.67. The third kappa shape index (κ3) is 3.15. The van der Waals surface area contributed by atoms with E-state index in [0.29, 0.717) is 12.0 Å². The lowest BCUT2D eigenvalue weighted by Gasteiger charge is -2.24. The molecule has 0 radical (unpaired) electrons. The second-order valence-corrected chi connectivity index (χ2v) is 6.32. The average molecular weight is 273 g/mol. The van der Waals surface area contributed by atoms with Gasteiger partial charge in [-0.1, -0.05) is 24.6 Å². The van der Waals surface area contributed by atoms with Gasteiger partial charge in [0.1, 0.15) is 0 Å². The smallest absolute Gasteiger partial charge is 0.0388 e. The number of nitrogens with one attached hydrogen (secondary N) is 1. The van der Waals surface area contributed by atoms with E-state index in [1.807, 2.05) is 0 Å². The summed E-state index contributed by atoms with van der Waals surface area (Å²) in [4.78, 5) is 2.57. The summed E-state index contributed by atoms with van der Waals surface area (Å²) < 4.78 is 0. The standard InChI is InChI=1S/C17H27N3/c18-12-14-7-5-9-16(14)19-17-8-2-1-6-15(17)13-20-10-3-4-11-20/h1-2,6,8,14,16,19H,3-5,7,9-13,18H2. The van der Waals surface area contributed by atoms with Crippen molar-refractivity contribution in [3.05, 3.63) is 29.8 Å². The van der Waals surface area contributed by atoms with Crippen LogP contribution in [0.4, 0.5) is 5.69 Å². The van der Waals surface area contributed by atoms with E-state index < -0.39 is 0 Å². The van der Waals surface area contributed by atoms with E-state index in [-0.39, 0.29) is 0 Å². The molecule has 0 spiro atoms. The van der Waals surface area contributed by atoms with Crippen molar-refractivity contribution in [1.29, 1.82) is 0 Å². The van der Waals surface area contributed by atoms with Crippen LogP contribution >= 0.6 is 0 Å². The first-order valence-electron chi connectivity index (χ1n) is 8.13. The lowest BCUT2D eigenvalue weighted by molar-refractivity contribution is 0.331. The minimum atomic E-state index is 0.569. The van der Waals surface area contributed by atoms with Crippen molar-refractivity contribution >= 4 is 5.69 Å². The van der Waals surface area contributed by atoms with Crippen molar-refractivity contribution in [1.82, 2.24) is 4.90 Å². The lowest BCUT2D eigenvalue weighted by Crippen LogP contribution is -2.30. The summed E-state index contributed by atoms with van der Waals surface area (Å²) in [6.07, 6.45) is 6.57. The third-order valence-electron chi connectivity index (χ3n) is 4.91. The Morgan fingerprint density at radius 2 is 1.90 bits per heavy atom. The van der Waals surface area contributed by atoms with Gasteiger partial charge in [0.05, 0.1) is 0 Å². The number of hydrogen-bond donors (Lipinski definition) is 2. The van der Waals surface area contributed by atoms with E-state index in [1.54, 1.807) is 0 Å². The van der Waals surface area contributed by atoms with Gasteiger partial charge in [-0.15, -0.1) is 0 Å². The molecule has 20 heavy (non-hydrogen) atoms. The fraction of sp³-hybridized carbons (Fsp3) is 0.647. The molecule has 1 aromatic carbocycles. The maximum Gasteiger partial charge on any atom is 0.0388 e. The summed E-state index contributed by atoms with van der Waals surface area (Å²) in [6.45, 7) is 4.40. The summed E-state index contributed by atoms with van der Waals surface area (Å²) in [7, 11) is 0. The fourth-order valence-electron chi connectivity index (χ4n) is 3.69. The van der Waals surface area contributed by atoms with Gasteiger partial charge in [-0.3, -0.25) is 4.90 Å². The van der Waals surface area contributed by atoms with Gasteiger partial charge >= 0.3 is 0 Å². The van der Waals surface area contributed by atoms with Gasteiger partial charge in [-0.25, -0.2) is 0 Å². The van der Waals surface area contributed by atoms with Gasteiger partial charge in [0.15, 0.2) is 0 Å². The topological polar surface area (TPSA) is 41.3 Å². The molecule has 0 amide bonds. The van der Waals surface area contributed by atoms with Crippen LogP contribution in [-0.4, -0.2) is 30.6 Å². The first-order valence-corrected chi connectivity index (χ1v) is 8.13. The molecule has 1 aliphatic carbocycles. The maximum absolute atomic E-state index is 5.90. The molecule has 3 nitrogen and oxygen atoms in total. The van der Waals surface area contributed by atoms with E-state index >= 15 is 0 Å². The van der Waals surface area contributed by atoms with Crippen LogP contribution in [0.5, 0.6) is 0 Å².